The maximum absolute atomic E-state index is 13.7. The Labute approximate surface area is 427 Å². The van der Waals surface area contributed by atoms with Crippen molar-refractivity contribution in [2.24, 2.45) is 11.7 Å². The van der Waals surface area contributed by atoms with E-state index in [1.54, 1.807) is 12.1 Å². The Morgan fingerprint density at radius 3 is 2.11 bits per heavy atom. The lowest BCUT2D eigenvalue weighted by Gasteiger charge is -2.62. The zero-order chi connectivity index (χ0) is 52.8. The first kappa shape index (κ1) is 54.9. The van der Waals surface area contributed by atoms with Crippen molar-refractivity contribution in [1.29, 1.82) is 0 Å². The van der Waals surface area contributed by atoms with E-state index in [2.05, 4.69) is 15.5 Å². The Hall–Kier alpha value is -3.87. The number of methoxy groups -OCH3 is 2. The Bertz CT molecular complexity index is 2200. The lowest BCUT2D eigenvalue weighted by atomic mass is 9.50. The average Bonchev–Trinajstić information content (AvgIpc) is 4.13. The summed E-state index contributed by atoms with van der Waals surface area (Å²) in [5, 5.41) is 94.2. The van der Waals surface area contributed by atoms with Gasteiger partial charge in [0.05, 0.1) is 43.5 Å². The van der Waals surface area contributed by atoms with Gasteiger partial charge in [0.25, 0.3) is 0 Å². The SMILES string of the molecule is CO[C@@H]1OC(CO)[C@@H](O[C@@H]2OC(CO)[C@@H](O[C@@H]3OC(CO)[C@@H](OC)[C@H](O)C3NC(C)=O)[C@H](O)C2NC(=O)CCCCCOC(=O)OC2=CC[C@@]3(O)[C@H]4Cc5ccc(O)c6c5[C@@]3(CCN4CC3CC3)[C@H]2O6)[C@H](O)C1N. The smallest absolute Gasteiger partial charge is 0.504 e. The summed E-state index contributed by atoms with van der Waals surface area (Å²) >= 11 is 0. The minimum Gasteiger partial charge on any atom is -0.504 e. The van der Waals surface area contributed by atoms with Crippen molar-refractivity contribution in [3.05, 3.63) is 35.1 Å². The fourth-order valence-electron chi connectivity index (χ4n) is 12.4. The molecule has 19 atom stereocenters. The van der Waals surface area contributed by atoms with E-state index >= 15 is 0 Å². The van der Waals surface area contributed by atoms with Gasteiger partial charge in [-0.15, -0.1) is 0 Å². The first-order valence-corrected chi connectivity index (χ1v) is 25.6. The van der Waals surface area contributed by atoms with E-state index in [0.717, 1.165) is 24.2 Å². The molecule has 3 aliphatic carbocycles. The van der Waals surface area contributed by atoms with Crippen LogP contribution >= 0.6 is 0 Å². The maximum Gasteiger partial charge on any atom is 0.513 e. The van der Waals surface area contributed by atoms with E-state index in [9.17, 15) is 55.2 Å². The van der Waals surface area contributed by atoms with E-state index in [4.69, 9.17) is 53.1 Å². The molecule has 0 aromatic heterocycles. The topological polar surface area (TPSA) is 359 Å². The molecule has 4 saturated heterocycles. The molecule has 8 aliphatic rings. The molecule has 1 aromatic rings. The number of likely N-dealkylation sites (tertiary alicyclic amines) is 1. The van der Waals surface area contributed by atoms with Crippen LogP contribution in [0.5, 0.6) is 11.5 Å². The van der Waals surface area contributed by atoms with E-state index in [-0.39, 0.29) is 43.4 Å². The predicted molar refractivity (Wildman–Crippen MR) is 249 cm³/mol. The van der Waals surface area contributed by atoms with Crippen LogP contribution < -0.4 is 21.1 Å². The Balaban J connectivity index is 0.827. The molecule has 6 unspecified atom stereocenters. The van der Waals surface area contributed by atoms with Crippen molar-refractivity contribution in [2.45, 2.75) is 180 Å². The first-order valence-electron chi connectivity index (χ1n) is 25.6. The van der Waals surface area contributed by atoms with Crippen molar-refractivity contribution in [2.75, 3.05) is 53.7 Å². The minimum atomic E-state index is -1.81. The molecule has 5 aliphatic heterocycles. The molecule has 5 heterocycles. The third-order valence-corrected chi connectivity index (χ3v) is 16.2. The van der Waals surface area contributed by atoms with Gasteiger partial charge in [-0.05, 0) is 75.1 Å². The lowest BCUT2D eigenvalue weighted by molar-refractivity contribution is -0.352. The third-order valence-electron chi connectivity index (χ3n) is 16.2. The number of benzene rings is 1. The van der Waals surface area contributed by atoms with Gasteiger partial charge < -0.3 is 105 Å². The lowest BCUT2D eigenvalue weighted by Crippen LogP contribution is -2.75. The number of carbonyl (C=O) groups excluding carboxylic acids is 3. The van der Waals surface area contributed by atoms with Crippen LogP contribution in [-0.4, -0.2) is 227 Å². The number of nitrogens with one attached hydrogen (secondary N) is 2. The van der Waals surface area contributed by atoms with Gasteiger partial charge in [-0.3, -0.25) is 14.5 Å². The van der Waals surface area contributed by atoms with E-state index in [1.165, 1.54) is 34.0 Å². The molecule has 414 valence electrons. The van der Waals surface area contributed by atoms with Crippen LogP contribution in [0.4, 0.5) is 4.79 Å². The van der Waals surface area contributed by atoms with Crippen molar-refractivity contribution < 1.29 is 103 Å². The summed E-state index contributed by atoms with van der Waals surface area (Å²) in [7, 11) is 2.56. The highest BCUT2D eigenvalue weighted by Crippen LogP contribution is 2.65. The highest BCUT2D eigenvalue weighted by Gasteiger charge is 2.72. The summed E-state index contributed by atoms with van der Waals surface area (Å²) in [6, 6.07) is -0.719. The Morgan fingerprint density at radius 2 is 1.47 bits per heavy atom. The molecular weight excluding hydrogens is 981 g/mol. The predicted octanol–water partition coefficient (Wildman–Crippen LogP) is -2.85. The number of phenols is 1. The van der Waals surface area contributed by atoms with E-state index < -0.39 is 147 Å². The second kappa shape index (κ2) is 22.6. The number of phenolic OH excluding ortho intramolecular Hbond substituents is 1. The number of piperidine rings is 1. The second-order valence-corrected chi connectivity index (χ2v) is 20.8. The molecule has 1 spiro atoms. The van der Waals surface area contributed by atoms with Crippen LogP contribution in [0.3, 0.4) is 0 Å². The first-order chi connectivity index (χ1) is 35.5. The van der Waals surface area contributed by atoms with Crippen LogP contribution in [0, 0.1) is 5.92 Å². The largest absolute Gasteiger partial charge is 0.513 e. The zero-order valence-corrected chi connectivity index (χ0v) is 41.6. The van der Waals surface area contributed by atoms with E-state index in [1.807, 2.05) is 6.07 Å². The molecule has 1 aromatic carbocycles. The fourth-order valence-corrected chi connectivity index (χ4v) is 12.4. The third kappa shape index (κ3) is 10.1. The van der Waals surface area contributed by atoms with Gasteiger partial charge in [0.1, 0.15) is 72.8 Å². The standard InChI is InChI=1S/C49H72N4O21/c1-22(57)51-34-37(61)40(65-2)27(19-54)69-45(34)74-42-29(21-56)70-46(73-41-28(20-55)68-44(66-3)33(50)36(41)60)35(38(42)62)52-31(59)7-5-4-6-16-67-47(63)71-26-12-13-49(64)30-17-24-10-11-25(58)39-32(24)48(49,43(26)72-39)14-15-53(30)18-23-8-9-23/h10-12,23,27-30,33-38,40-46,54-56,58,60-62,64H,4-9,13-21,50H2,1-3H3,(H,51,57)(H,52,59)/t27?,28?,29?,30-,33?,34?,35?,36-,37-,38-,40-,41-,42-,43+,44-,45+,46+,48+,49-/m1/s1. The average molecular weight is 1050 g/mol. The molecule has 25 nitrogen and oxygen atoms in total. The highest BCUT2D eigenvalue weighted by atomic mass is 16.8. The number of aliphatic hydroxyl groups excluding tert-OH is 6. The molecule has 0 radical (unpaired) electrons. The Kier molecular flexibility index (Phi) is 16.8. The molecular formula is C49H72N4O21. The highest BCUT2D eigenvalue weighted by molar-refractivity contribution is 5.76. The molecule has 12 N–H and O–H groups in total. The normalized spacial score (nSPS) is 40.3. The van der Waals surface area contributed by atoms with Gasteiger partial charge in [0.2, 0.25) is 11.8 Å². The van der Waals surface area contributed by atoms with E-state index in [0.29, 0.717) is 37.4 Å². The number of nitrogens with two attached hydrogens (primary N) is 1. The summed E-state index contributed by atoms with van der Waals surface area (Å²) in [5.74, 6) is -0.143. The number of nitrogens with zero attached hydrogens (tertiary/aromatic N) is 1. The van der Waals surface area contributed by atoms with Crippen LogP contribution in [-0.2, 0) is 64.1 Å². The van der Waals surface area contributed by atoms with Gasteiger partial charge >= 0.3 is 6.16 Å². The minimum absolute atomic E-state index is 0.0470. The van der Waals surface area contributed by atoms with Gasteiger partial charge in [-0.1, -0.05) is 6.07 Å². The number of amides is 2. The zero-order valence-electron chi connectivity index (χ0n) is 41.6. The Morgan fingerprint density at radius 1 is 0.838 bits per heavy atom. The summed E-state index contributed by atoms with van der Waals surface area (Å²) < 4.78 is 58.3. The summed E-state index contributed by atoms with van der Waals surface area (Å²) in [6.45, 7) is 0.582. The van der Waals surface area contributed by atoms with Crippen molar-refractivity contribution in [1.82, 2.24) is 15.5 Å². The number of aromatic hydroxyl groups is 1. The molecule has 5 fully saturated rings. The number of carbonyl (C=O) groups is 3. The number of rotatable bonds is 20. The van der Waals surface area contributed by atoms with Crippen LogP contribution in [0.25, 0.3) is 0 Å². The van der Waals surface area contributed by atoms with Gasteiger partial charge in [-0.2, -0.15) is 0 Å². The molecule has 1 saturated carbocycles. The fraction of sp³-hybridized carbons (Fsp3) is 0.776. The number of hydrogen-bond donors (Lipinski definition) is 11. The van der Waals surface area contributed by atoms with Crippen LogP contribution in [0.1, 0.15) is 69.4 Å². The monoisotopic (exact) mass is 1050 g/mol. The molecule has 25 heteroatoms. The molecule has 9 rings (SSSR count). The number of ether oxygens (including phenoxy) is 10. The quantitative estimate of drug-likeness (QED) is 0.0462. The van der Waals surface area contributed by atoms with Gasteiger partial charge in [0, 0.05) is 52.1 Å². The second-order valence-electron chi connectivity index (χ2n) is 20.8. The maximum atomic E-state index is 13.7. The number of unbranched alkanes of at least 4 members (excludes halogenated alkanes) is 2. The van der Waals surface area contributed by atoms with Crippen molar-refractivity contribution in [3.8, 4) is 11.5 Å². The molecule has 2 bridgehead atoms. The van der Waals surface area contributed by atoms with Crippen LogP contribution in [0.2, 0.25) is 0 Å². The summed E-state index contributed by atoms with van der Waals surface area (Å²) in [5.41, 5.74) is 5.78. The number of aliphatic hydroxyl groups is 7. The van der Waals surface area contributed by atoms with Crippen molar-refractivity contribution in [3.63, 3.8) is 0 Å². The number of hydrogen-bond acceptors (Lipinski definition) is 23. The van der Waals surface area contributed by atoms with Gasteiger partial charge in [0.15, 0.2) is 36.5 Å². The summed E-state index contributed by atoms with van der Waals surface area (Å²) in [6.07, 6.45) is -12.8. The van der Waals surface area contributed by atoms with Crippen LogP contribution in [0.15, 0.2) is 24.0 Å². The molecule has 74 heavy (non-hydrogen) atoms. The van der Waals surface area contributed by atoms with Gasteiger partial charge in [-0.25, -0.2) is 4.79 Å². The van der Waals surface area contributed by atoms with Crippen molar-refractivity contribution >= 4 is 18.0 Å². The molecule has 2 amide bonds. The summed E-state index contributed by atoms with van der Waals surface area (Å²) in [4.78, 5) is 41.6.